The van der Waals surface area contributed by atoms with E-state index in [1.807, 2.05) is 0 Å². The number of hydrogen-bond acceptors (Lipinski definition) is 2. The molecule has 0 spiro atoms. The maximum absolute atomic E-state index is 12.8. The molecule has 86 valence electrons. The van der Waals surface area contributed by atoms with Crippen LogP contribution in [0.3, 0.4) is 0 Å². The zero-order chi connectivity index (χ0) is 11.5. The van der Waals surface area contributed by atoms with E-state index in [1.165, 1.54) is 12.1 Å². The second-order valence-corrected chi connectivity index (χ2v) is 4.15. The minimum Gasteiger partial charge on any atom is -0.307 e. The molecule has 4 heteroatoms. The van der Waals surface area contributed by atoms with Gasteiger partial charge >= 0.3 is 0 Å². The van der Waals surface area contributed by atoms with Crippen LogP contribution in [0.1, 0.15) is 18.4 Å². The van der Waals surface area contributed by atoms with Gasteiger partial charge in [0.05, 0.1) is 6.54 Å². The molecule has 1 aromatic carbocycles. The molecule has 2 rings (SSSR count). The van der Waals surface area contributed by atoms with Crippen LogP contribution in [-0.2, 0) is 11.2 Å². The number of Topliss-reactive ketones (excluding diaryl/α,β-unsaturated/α-hetero) is 1. The van der Waals surface area contributed by atoms with Crippen LogP contribution in [0.25, 0.3) is 0 Å². The largest absolute Gasteiger partial charge is 0.307 e. The van der Waals surface area contributed by atoms with E-state index >= 15 is 0 Å². The second kappa shape index (κ2) is 4.70. The van der Waals surface area contributed by atoms with Gasteiger partial charge in [-0.3, -0.25) is 4.79 Å². The van der Waals surface area contributed by atoms with Crippen molar-refractivity contribution in [2.45, 2.75) is 25.3 Å². The summed E-state index contributed by atoms with van der Waals surface area (Å²) in [5.41, 5.74) is 0.389. The van der Waals surface area contributed by atoms with Gasteiger partial charge in [-0.05, 0) is 30.5 Å². The summed E-state index contributed by atoms with van der Waals surface area (Å²) in [7, 11) is 0. The summed E-state index contributed by atoms with van der Waals surface area (Å²) >= 11 is 0. The molecule has 2 nitrogen and oxygen atoms in total. The van der Waals surface area contributed by atoms with Crippen LogP contribution in [-0.4, -0.2) is 18.4 Å². The number of nitrogens with one attached hydrogen (secondary N) is 1. The first-order valence-electron chi connectivity index (χ1n) is 5.33. The first-order chi connectivity index (χ1) is 7.63. The van der Waals surface area contributed by atoms with E-state index in [9.17, 15) is 13.6 Å². The van der Waals surface area contributed by atoms with Crippen molar-refractivity contribution in [2.24, 2.45) is 0 Å². The molecule has 16 heavy (non-hydrogen) atoms. The van der Waals surface area contributed by atoms with Crippen LogP contribution < -0.4 is 5.32 Å². The molecule has 1 saturated carbocycles. The highest BCUT2D eigenvalue weighted by atomic mass is 19.1. The van der Waals surface area contributed by atoms with E-state index < -0.39 is 11.6 Å². The van der Waals surface area contributed by atoms with Crippen molar-refractivity contribution < 1.29 is 13.6 Å². The third-order valence-electron chi connectivity index (χ3n) is 2.49. The Morgan fingerprint density at radius 3 is 2.44 bits per heavy atom. The smallest absolute Gasteiger partial charge is 0.150 e. The zero-order valence-electron chi connectivity index (χ0n) is 8.80. The average Bonchev–Trinajstić information content (AvgIpc) is 2.96. The van der Waals surface area contributed by atoms with Crippen molar-refractivity contribution in [1.82, 2.24) is 5.32 Å². The van der Waals surface area contributed by atoms with E-state index in [0.717, 1.165) is 18.9 Å². The lowest BCUT2D eigenvalue weighted by molar-refractivity contribution is -0.117. The molecular weight excluding hydrogens is 212 g/mol. The fourth-order valence-corrected chi connectivity index (χ4v) is 1.55. The molecule has 1 N–H and O–H groups in total. The van der Waals surface area contributed by atoms with Gasteiger partial charge in [0.15, 0.2) is 5.78 Å². The van der Waals surface area contributed by atoms with Crippen LogP contribution in [0.5, 0.6) is 0 Å². The normalized spacial score (nSPS) is 15.1. The van der Waals surface area contributed by atoms with Gasteiger partial charge in [-0.2, -0.15) is 0 Å². The Balaban J connectivity index is 1.88. The monoisotopic (exact) mass is 225 g/mol. The zero-order valence-corrected chi connectivity index (χ0v) is 8.80. The fourth-order valence-electron chi connectivity index (χ4n) is 1.55. The van der Waals surface area contributed by atoms with Crippen molar-refractivity contribution in [1.29, 1.82) is 0 Å². The first-order valence-corrected chi connectivity index (χ1v) is 5.33. The highest BCUT2D eigenvalue weighted by Gasteiger charge is 2.21. The number of ketones is 1. The SMILES string of the molecule is O=C(CNC1CC1)Cc1cc(F)cc(F)c1. The van der Waals surface area contributed by atoms with Crippen molar-refractivity contribution >= 4 is 5.78 Å². The van der Waals surface area contributed by atoms with Crippen LogP contribution in [0.15, 0.2) is 18.2 Å². The third kappa shape index (κ3) is 3.38. The van der Waals surface area contributed by atoms with E-state index in [-0.39, 0.29) is 18.7 Å². The summed E-state index contributed by atoms with van der Waals surface area (Å²) in [5, 5.41) is 3.07. The molecule has 1 fully saturated rings. The number of hydrogen-bond donors (Lipinski definition) is 1. The van der Waals surface area contributed by atoms with E-state index in [1.54, 1.807) is 0 Å². The molecule has 0 radical (unpaired) electrons. The minimum absolute atomic E-state index is 0.0445. The molecule has 0 heterocycles. The number of carbonyl (C=O) groups excluding carboxylic acids is 1. The van der Waals surface area contributed by atoms with Gasteiger partial charge in [0.25, 0.3) is 0 Å². The molecule has 0 aliphatic heterocycles. The summed E-state index contributed by atoms with van der Waals surface area (Å²) < 4.78 is 25.7. The molecule has 0 bridgehead atoms. The first kappa shape index (κ1) is 11.2. The van der Waals surface area contributed by atoms with Crippen molar-refractivity contribution in [3.63, 3.8) is 0 Å². The Bertz CT molecular complexity index is 382. The highest BCUT2D eigenvalue weighted by Crippen LogP contribution is 2.18. The van der Waals surface area contributed by atoms with Crippen LogP contribution in [0.2, 0.25) is 0 Å². The molecule has 1 aliphatic rings. The third-order valence-corrected chi connectivity index (χ3v) is 2.49. The molecule has 0 unspecified atom stereocenters. The van der Waals surface area contributed by atoms with Crippen molar-refractivity contribution in [2.75, 3.05) is 6.54 Å². The summed E-state index contributed by atoms with van der Waals surface area (Å²) in [4.78, 5) is 11.5. The van der Waals surface area contributed by atoms with Crippen LogP contribution >= 0.6 is 0 Å². The van der Waals surface area contributed by atoms with Crippen molar-refractivity contribution in [3.05, 3.63) is 35.4 Å². The second-order valence-electron chi connectivity index (χ2n) is 4.15. The Labute approximate surface area is 92.7 Å². The Kier molecular flexibility index (Phi) is 3.29. The minimum atomic E-state index is -0.641. The molecular formula is C12H13F2NO. The topological polar surface area (TPSA) is 29.1 Å². The van der Waals surface area contributed by atoms with E-state index in [4.69, 9.17) is 0 Å². The lowest BCUT2D eigenvalue weighted by atomic mass is 10.1. The average molecular weight is 225 g/mol. The quantitative estimate of drug-likeness (QED) is 0.828. The van der Waals surface area contributed by atoms with Gasteiger partial charge in [-0.1, -0.05) is 0 Å². The Hall–Kier alpha value is -1.29. The predicted molar refractivity (Wildman–Crippen MR) is 56.1 cm³/mol. The summed E-state index contributed by atoms with van der Waals surface area (Å²) in [6.07, 6.45) is 2.30. The Morgan fingerprint density at radius 2 is 1.88 bits per heavy atom. The number of carbonyl (C=O) groups is 1. The Morgan fingerprint density at radius 1 is 1.25 bits per heavy atom. The van der Waals surface area contributed by atoms with Crippen molar-refractivity contribution in [3.8, 4) is 0 Å². The maximum Gasteiger partial charge on any atom is 0.150 e. The van der Waals surface area contributed by atoms with Gasteiger partial charge in [0, 0.05) is 18.5 Å². The predicted octanol–water partition coefficient (Wildman–Crippen LogP) is 1.83. The lowest BCUT2D eigenvalue weighted by Crippen LogP contribution is -2.25. The number of halogens is 2. The maximum atomic E-state index is 12.8. The van der Waals surface area contributed by atoms with Gasteiger partial charge < -0.3 is 5.32 Å². The van der Waals surface area contributed by atoms with Gasteiger partial charge in [-0.15, -0.1) is 0 Å². The van der Waals surface area contributed by atoms with E-state index in [2.05, 4.69) is 5.32 Å². The van der Waals surface area contributed by atoms with E-state index in [0.29, 0.717) is 11.6 Å². The number of benzene rings is 1. The molecule has 0 aromatic heterocycles. The van der Waals surface area contributed by atoms with Gasteiger partial charge in [0.2, 0.25) is 0 Å². The molecule has 1 aliphatic carbocycles. The van der Waals surface area contributed by atoms with Gasteiger partial charge in [0.1, 0.15) is 11.6 Å². The van der Waals surface area contributed by atoms with Gasteiger partial charge in [-0.25, -0.2) is 8.78 Å². The van der Waals surface area contributed by atoms with Crippen LogP contribution in [0.4, 0.5) is 8.78 Å². The number of rotatable bonds is 5. The highest BCUT2D eigenvalue weighted by molar-refractivity contribution is 5.82. The lowest BCUT2D eigenvalue weighted by Gasteiger charge is -2.03. The summed E-state index contributed by atoms with van der Waals surface area (Å²) in [6.45, 7) is 0.281. The molecule has 0 saturated heterocycles. The van der Waals surface area contributed by atoms with Crippen LogP contribution in [0, 0.1) is 11.6 Å². The summed E-state index contributed by atoms with van der Waals surface area (Å²) in [6, 6.07) is 3.65. The standard InChI is InChI=1S/C12H13F2NO/c13-9-3-8(4-10(14)6-9)5-12(16)7-15-11-1-2-11/h3-4,6,11,15H,1-2,5,7H2. The molecule has 0 amide bonds. The fraction of sp³-hybridized carbons (Fsp3) is 0.417. The molecule has 0 atom stereocenters. The summed E-state index contributed by atoms with van der Waals surface area (Å²) in [5.74, 6) is -1.33. The molecule has 1 aromatic rings.